The number of rotatable bonds is 2. The largest absolute Gasteiger partial charge is 0.393 e. The zero-order valence-corrected chi connectivity index (χ0v) is 9.87. The molecule has 1 aliphatic heterocycles. The van der Waals surface area contributed by atoms with Crippen LogP contribution in [0.25, 0.3) is 0 Å². The highest BCUT2D eigenvalue weighted by molar-refractivity contribution is 7.80. The van der Waals surface area contributed by atoms with Crippen LogP contribution >= 0.6 is 12.6 Å². The second kappa shape index (κ2) is 4.84. The first-order chi connectivity index (χ1) is 6.45. The minimum Gasteiger partial charge on any atom is -0.393 e. The molecule has 2 N–H and O–H groups in total. The van der Waals surface area contributed by atoms with Gasteiger partial charge < -0.3 is 10.2 Å². The standard InChI is InChI=1S/C10H21NO2S/c1-10(2,13)8-3-5-11(7-14)6-4-9(8)12/h8-9,12-14H,3-7H2,1-2H3. The van der Waals surface area contributed by atoms with Crippen LogP contribution in [-0.2, 0) is 0 Å². The lowest BCUT2D eigenvalue weighted by Gasteiger charge is -2.31. The quantitative estimate of drug-likeness (QED) is 0.600. The van der Waals surface area contributed by atoms with E-state index in [4.69, 9.17) is 0 Å². The lowest BCUT2D eigenvalue weighted by Crippen LogP contribution is -2.39. The first-order valence-corrected chi connectivity index (χ1v) is 5.82. The fraction of sp³-hybridized carbons (Fsp3) is 1.00. The van der Waals surface area contributed by atoms with E-state index < -0.39 is 5.60 Å². The lowest BCUT2D eigenvalue weighted by molar-refractivity contribution is -0.0472. The molecule has 1 heterocycles. The van der Waals surface area contributed by atoms with Crippen molar-refractivity contribution in [3.8, 4) is 0 Å². The van der Waals surface area contributed by atoms with Gasteiger partial charge in [0.1, 0.15) is 0 Å². The smallest absolute Gasteiger partial charge is 0.0644 e. The summed E-state index contributed by atoms with van der Waals surface area (Å²) in [4.78, 5) is 2.19. The molecule has 3 nitrogen and oxygen atoms in total. The summed E-state index contributed by atoms with van der Waals surface area (Å²) in [6, 6.07) is 0. The molecule has 0 radical (unpaired) electrons. The fourth-order valence-electron chi connectivity index (χ4n) is 2.11. The van der Waals surface area contributed by atoms with Crippen LogP contribution in [0.1, 0.15) is 26.7 Å². The van der Waals surface area contributed by atoms with E-state index in [0.29, 0.717) is 0 Å². The van der Waals surface area contributed by atoms with Crippen molar-refractivity contribution in [2.45, 2.75) is 38.4 Å². The van der Waals surface area contributed by atoms with Crippen molar-refractivity contribution in [3.63, 3.8) is 0 Å². The maximum atomic E-state index is 9.90. The first-order valence-electron chi connectivity index (χ1n) is 5.19. The van der Waals surface area contributed by atoms with Crippen LogP contribution in [0.4, 0.5) is 0 Å². The van der Waals surface area contributed by atoms with Crippen molar-refractivity contribution < 1.29 is 10.2 Å². The maximum Gasteiger partial charge on any atom is 0.0644 e. The van der Waals surface area contributed by atoms with Crippen molar-refractivity contribution in [2.24, 2.45) is 5.92 Å². The molecule has 0 aliphatic carbocycles. The summed E-state index contributed by atoms with van der Waals surface area (Å²) in [7, 11) is 0. The molecular formula is C10H21NO2S. The van der Waals surface area contributed by atoms with Gasteiger partial charge >= 0.3 is 0 Å². The molecule has 1 aliphatic rings. The summed E-state index contributed by atoms with van der Waals surface area (Å²) in [5.74, 6) is 0.707. The van der Waals surface area contributed by atoms with Crippen LogP contribution in [0.2, 0.25) is 0 Å². The van der Waals surface area contributed by atoms with Gasteiger partial charge in [0, 0.05) is 18.3 Å². The SMILES string of the molecule is CC(C)(O)C1CCN(CS)CCC1O. The van der Waals surface area contributed by atoms with Gasteiger partial charge in [-0.15, -0.1) is 0 Å². The molecule has 84 valence electrons. The van der Waals surface area contributed by atoms with Gasteiger partial charge in [0.25, 0.3) is 0 Å². The van der Waals surface area contributed by atoms with E-state index in [1.54, 1.807) is 13.8 Å². The molecule has 0 aromatic rings. The molecular weight excluding hydrogens is 198 g/mol. The summed E-state index contributed by atoms with van der Waals surface area (Å²) in [6.45, 7) is 5.33. The molecule has 1 saturated heterocycles. The zero-order valence-electron chi connectivity index (χ0n) is 8.98. The molecule has 2 unspecified atom stereocenters. The lowest BCUT2D eigenvalue weighted by atomic mass is 9.83. The van der Waals surface area contributed by atoms with Crippen LogP contribution in [0, 0.1) is 5.92 Å². The van der Waals surface area contributed by atoms with Crippen LogP contribution in [-0.4, -0.2) is 45.8 Å². The van der Waals surface area contributed by atoms with Gasteiger partial charge in [-0.05, 0) is 33.2 Å². The second-order valence-corrected chi connectivity index (χ2v) is 4.95. The Hall–Kier alpha value is 0.230. The van der Waals surface area contributed by atoms with Gasteiger partial charge in [0.05, 0.1) is 11.7 Å². The van der Waals surface area contributed by atoms with Crippen LogP contribution < -0.4 is 0 Å². The highest BCUT2D eigenvalue weighted by Crippen LogP contribution is 2.28. The molecule has 14 heavy (non-hydrogen) atoms. The Balaban J connectivity index is 2.60. The third-order valence-electron chi connectivity index (χ3n) is 3.07. The predicted octanol–water partition coefficient (Wildman–Crippen LogP) is 0.717. The molecule has 4 heteroatoms. The molecule has 2 atom stereocenters. The van der Waals surface area contributed by atoms with E-state index in [9.17, 15) is 10.2 Å². The van der Waals surface area contributed by atoms with Crippen LogP contribution in [0.15, 0.2) is 0 Å². The fourth-order valence-corrected chi connectivity index (χ4v) is 2.39. The van der Waals surface area contributed by atoms with Gasteiger partial charge in [0.15, 0.2) is 0 Å². The minimum absolute atomic E-state index is 0.0209. The third kappa shape index (κ3) is 3.12. The molecule has 0 aromatic carbocycles. The van der Waals surface area contributed by atoms with Crippen LogP contribution in [0.5, 0.6) is 0 Å². The van der Waals surface area contributed by atoms with Gasteiger partial charge in [-0.1, -0.05) is 0 Å². The number of aliphatic hydroxyl groups excluding tert-OH is 1. The Morgan fingerprint density at radius 1 is 1.36 bits per heavy atom. The van der Waals surface area contributed by atoms with Gasteiger partial charge in [0.2, 0.25) is 0 Å². The molecule has 0 amide bonds. The highest BCUT2D eigenvalue weighted by Gasteiger charge is 2.34. The highest BCUT2D eigenvalue weighted by atomic mass is 32.1. The van der Waals surface area contributed by atoms with Gasteiger partial charge in [-0.3, -0.25) is 4.90 Å². The van der Waals surface area contributed by atoms with Gasteiger partial charge in [-0.2, -0.15) is 12.6 Å². The van der Waals surface area contributed by atoms with Crippen molar-refractivity contribution in [3.05, 3.63) is 0 Å². The molecule has 1 rings (SSSR count). The van der Waals surface area contributed by atoms with E-state index in [0.717, 1.165) is 31.8 Å². The van der Waals surface area contributed by atoms with Crippen molar-refractivity contribution in [2.75, 3.05) is 19.0 Å². The Morgan fingerprint density at radius 3 is 2.43 bits per heavy atom. The molecule has 0 bridgehead atoms. The Labute approximate surface area is 91.5 Å². The predicted molar refractivity (Wildman–Crippen MR) is 60.5 cm³/mol. The molecule has 1 fully saturated rings. The average molecular weight is 219 g/mol. The summed E-state index contributed by atoms with van der Waals surface area (Å²) in [6.07, 6.45) is 1.18. The first kappa shape index (κ1) is 12.3. The summed E-state index contributed by atoms with van der Waals surface area (Å²) in [5, 5.41) is 19.8. The molecule has 0 spiro atoms. The maximum absolute atomic E-state index is 9.90. The monoisotopic (exact) mass is 219 g/mol. The van der Waals surface area contributed by atoms with E-state index in [-0.39, 0.29) is 12.0 Å². The zero-order chi connectivity index (χ0) is 10.8. The van der Waals surface area contributed by atoms with Crippen molar-refractivity contribution in [1.29, 1.82) is 0 Å². The number of aliphatic hydroxyl groups is 2. The topological polar surface area (TPSA) is 43.7 Å². The molecule has 0 aromatic heterocycles. The van der Waals surface area contributed by atoms with E-state index >= 15 is 0 Å². The Morgan fingerprint density at radius 2 is 1.93 bits per heavy atom. The second-order valence-electron chi connectivity index (χ2n) is 4.66. The number of hydrogen-bond donors (Lipinski definition) is 3. The number of likely N-dealkylation sites (tertiary alicyclic amines) is 1. The van der Waals surface area contributed by atoms with E-state index in [2.05, 4.69) is 17.5 Å². The number of nitrogens with zero attached hydrogens (tertiary/aromatic N) is 1. The minimum atomic E-state index is -0.786. The summed E-state index contributed by atoms with van der Waals surface area (Å²) < 4.78 is 0. The van der Waals surface area contributed by atoms with Crippen LogP contribution in [0.3, 0.4) is 0 Å². The number of thiol groups is 1. The summed E-state index contributed by atoms with van der Waals surface area (Å²) in [5.41, 5.74) is -0.786. The Kier molecular flexibility index (Phi) is 4.25. The Bertz CT molecular complexity index is 181. The number of hydrogen-bond acceptors (Lipinski definition) is 4. The average Bonchev–Trinajstić information content (AvgIpc) is 2.25. The van der Waals surface area contributed by atoms with Crippen molar-refractivity contribution in [1.82, 2.24) is 4.90 Å². The van der Waals surface area contributed by atoms with Gasteiger partial charge in [-0.25, -0.2) is 0 Å². The third-order valence-corrected chi connectivity index (χ3v) is 3.47. The summed E-state index contributed by atoms with van der Waals surface area (Å²) >= 11 is 4.22. The van der Waals surface area contributed by atoms with Crippen molar-refractivity contribution >= 4 is 12.6 Å². The van der Waals surface area contributed by atoms with E-state index in [1.165, 1.54) is 0 Å². The normalized spacial score (nSPS) is 31.5. The molecule has 0 saturated carbocycles. The van der Waals surface area contributed by atoms with E-state index in [1.807, 2.05) is 0 Å².